The molecule has 56 heavy (non-hydrogen) atoms. The van der Waals surface area contributed by atoms with E-state index >= 15 is 0 Å². The highest BCUT2D eigenvalue weighted by Crippen LogP contribution is 2.60. The second-order valence-corrected chi connectivity index (χ2v) is 18.8. The van der Waals surface area contributed by atoms with Crippen molar-refractivity contribution in [2.24, 2.45) is 23.2 Å². The Balaban J connectivity index is 1.06. The van der Waals surface area contributed by atoms with E-state index in [9.17, 15) is 18.0 Å². The Morgan fingerprint density at radius 3 is 2.43 bits per heavy atom. The number of hydrogen-bond acceptors (Lipinski definition) is 13. The van der Waals surface area contributed by atoms with Gasteiger partial charge in [-0.2, -0.15) is 5.10 Å². The molecule has 9 rings (SSSR count). The Morgan fingerprint density at radius 2 is 1.73 bits per heavy atom. The van der Waals surface area contributed by atoms with Gasteiger partial charge in [-0.15, -0.1) is 10.2 Å². The fourth-order valence-corrected chi connectivity index (χ4v) is 11.4. The minimum absolute atomic E-state index is 0.0418. The van der Waals surface area contributed by atoms with Gasteiger partial charge in [-0.3, -0.25) is 14.3 Å². The number of pyridine rings is 2. The highest BCUT2D eigenvalue weighted by molar-refractivity contribution is 7.90. The van der Waals surface area contributed by atoms with E-state index in [0.29, 0.717) is 46.6 Å². The Labute approximate surface area is 329 Å². The van der Waals surface area contributed by atoms with Crippen molar-refractivity contribution in [3.8, 4) is 11.1 Å². The average molecular weight is 799 g/mol. The highest BCUT2D eigenvalue weighted by Gasteiger charge is 2.51. The Kier molecular flexibility index (Phi) is 10.2. The molecule has 5 heterocycles. The van der Waals surface area contributed by atoms with E-state index in [1.54, 1.807) is 36.5 Å². The summed E-state index contributed by atoms with van der Waals surface area (Å²) in [5, 5.41) is 26.5. The number of hydrogen-bond donors (Lipinski definition) is 3. The summed E-state index contributed by atoms with van der Waals surface area (Å²) in [7, 11) is -2.30. The molecule has 4 aliphatic carbocycles. The van der Waals surface area contributed by atoms with Crippen molar-refractivity contribution in [1.82, 2.24) is 39.7 Å². The van der Waals surface area contributed by atoms with E-state index in [0.717, 1.165) is 45.9 Å². The standard InChI is InChI=1S/C39H46N10O5S2/c1-23-14-32(45-46-35(23)44-38-42-30-8-7-12-40-37(30)55-38)48(3)31-11-10-28(34(43-31)36(52)47-56(53,54)13-6-4-5-9-33(50)51)29-21-41-49(24(29)2)22-39-18-25-15-26(19-39)17-27(16-25)20-39/h7-8,10-12,14,21,25-27H,4-6,9,13,15-20,22H2,1-3H3,(H,47,52)(H,50,51)(H,42,44,46). The second kappa shape index (κ2) is 15.1. The fraction of sp³-hybridized carbons (Fsp3) is 0.487. The molecule has 294 valence electrons. The maximum Gasteiger partial charge on any atom is 0.303 e. The number of nitrogens with zero attached hydrogens (tertiary/aromatic N) is 8. The number of amides is 1. The molecule has 3 N–H and O–H groups in total. The van der Waals surface area contributed by atoms with Gasteiger partial charge < -0.3 is 15.3 Å². The van der Waals surface area contributed by atoms with Gasteiger partial charge in [0, 0.05) is 43.0 Å². The van der Waals surface area contributed by atoms with Crippen molar-refractivity contribution in [3.05, 3.63) is 59.7 Å². The second-order valence-electron chi connectivity index (χ2n) is 16.0. The third kappa shape index (κ3) is 7.96. The predicted octanol–water partition coefficient (Wildman–Crippen LogP) is 6.79. The van der Waals surface area contributed by atoms with Crippen molar-refractivity contribution in [3.63, 3.8) is 0 Å². The van der Waals surface area contributed by atoms with Crippen LogP contribution < -0.4 is 14.9 Å². The molecule has 17 heteroatoms. The van der Waals surface area contributed by atoms with E-state index in [-0.39, 0.29) is 29.7 Å². The summed E-state index contributed by atoms with van der Waals surface area (Å²) in [4.78, 5) is 41.0. The van der Waals surface area contributed by atoms with Gasteiger partial charge in [0.15, 0.2) is 16.8 Å². The maximum absolute atomic E-state index is 14.0. The fourth-order valence-electron chi connectivity index (χ4n) is 9.48. The lowest BCUT2D eigenvalue weighted by molar-refractivity contribution is -0.137. The molecule has 0 saturated heterocycles. The van der Waals surface area contributed by atoms with Gasteiger partial charge in [-0.1, -0.05) is 17.8 Å². The first-order chi connectivity index (χ1) is 26.8. The predicted molar refractivity (Wildman–Crippen MR) is 214 cm³/mol. The number of anilines is 4. The summed E-state index contributed by atoms with van der Waals surface area (Å²) in [6, 6.07) is 9.12. The molecule has 0 aromatic carbocycles. The molecule has 0 radical (unpaired) electrons. The number of thiazole rings is 1. The van der Waals surface area contributed by atoms with Gasteiger partial charge in [0.25, 0.3) is 5.91 Å². The molecule has 4 saturated carbocycles. The molecule has 0 unspecified atom stereocenters. The third-order valence-corrected chi connectivity index (χ3v) is 14.0. The van der Waals surface area contributed by atoms with Crippen LogP contribution in [0.3, 0.4) is 0 Å². The Bertz CT molecular complexity index is 2340. The van der Waals surface area contributed by atoms with Crippen LogP contribution in [0.1, 0.15) is 86.0 Å². The number of carbonyl (C=O) groups excluding carboxylic acids is 1. The number of carboxylic acid groups (broad SMARTS) is 1. The number of aromatic nitrogens is 7. The van der Waals surface area contributed by atoms with Gasteiger partial charge >= 0.3 is 5.97 Å². The quantitative estimate of drug-likeness (QED) is 0.0937. The largest absolute Gasteiger partial charge is 0.481 e. The molecule has 15 nitrogen and oxygen atoms in total. The number of rotatable bonds is 15. The first-order valence-electron chi connectivity index (χ1n) is 19.2. The normalized spacial score (nSPS) is 21.4. The van der Waals surface area contributed by atoms with Gasteiger partial charge in [-0.25, -0.2) is 28.1 Å². The van der Waals surface area contributed by atoms with Gasteiger partial charge in [-0.05, 0) is 124 Å². The maximum atomic E-state index is 14.0. The van der Waals surface area contributed by atoms with Crippen LogP contribution in [0.15, 0.2) is 42.7 Å². The van der Waals surface area contributed by atoms with Crippen molar-refractivity contribution in [1.29, 1.82) is 0 Å². The molecule has 4 aliphatic rings. The third-order valence-electron chi connectivity index (χ3n) is 11.7. The lowest BCUT2D eigenvalue weighted by Gasteiger charge is -2.56. The van der Waals surface area contributed by atoms with E-state index in [2.05, 4.69) is 34.9 Å². The first kappa shape index (κ1) is 37.9. The molecular formula is C39H46N10O5S2. The summed E-state index contributed by atoms with van der Waals surface area (Å²) in [6.45, 7) is 4.72. The number of carboxylic acids is 1. The van der Waals surface area contributed by atoms with Crippen LogP contribution >= 0.6 is 11.3 Å². The summed E-state index contributed by atoms with van der Waals surface area (Å²) in [5.74, 6) is 1.63. The van der Waals surface area contributed by atoms with E-state index in [1.165, 1.54) is 49.9 Å². The SMILES string of the molecule is Cc1cc(N(C)c2ccc(-c3cnn(CC45CC6CC(CC(C6)C4)C5)c3C)c(C(=O)NS(=O)(=O)CCCCCC(=O)O)n2)nnc1Nc1nc2cccnc2s1. The molecule has 0 aliphatic heterocycles. The zero-order valence-corrected chi connectivity index (χ0v) is 33.4. The van der Waals surface area contributed by atoms with E-state index in [4.69, 9.17) is 15.2 Å². The van der Waals surface area contributed by atoms with Crippen molar-refractivity contribution in [2.75, 3.05) is 23.0 Å². The summed E-state index contributed by atoms with van der Waals surface area (Å²) in [6.07, 6.45) is 12.2. The zero-order valence-electron chi connectivity index (χ0n) is 31.7. The Hall–Kier alpha value is -5.03. The van der Waals surface area contributed by atoms with Crippen molar-refractivity contribution >= 4 is 66.2 Å². The van der Waals surface area contributed by atoms with Gasteiger partial charge in [0.05, 0.1) is 11.9 Å². The molecule has 5 aromatic heterocycles. The van der Waals surface area contributed by atoms with E-state index < -0.39 is 21.9 Å². The molecular weight excluding hydrogens is 753 g/mol. The zero-order chi connectivity index (χ0) is 39.2. The topological polar surface area (TPSA) is 198 Å². The number of fused-ring (bicyclic) bond motifs is 1. The molecule has 5 aromatic rings. The summed E-state index contributed by atoms with van der Waals surface area (Å²) in [5.41, 5.74) is 3.83. The summed E-state index contributed by atoms with van der Waals surface area (Å²) >= 11 is 1.41. The van der Waals surface area contributed by atoms with Crippen LogP contribution in [0, 0.1) is 37.0 Å². The number of nitrogens with one attached hydrogen (secondary N) is 2. The van der Waals surface area contributed by atoms with Crippen molar-refractivity contribution < 1.29 is 23.1 Å². The highest BCUT2D eigenvalue weighted by atomic mass is 32.2. The van der Waals surface area contributed by atoms with Crippen LogP contribution in [-0.4, -0.2) is 73.1 Å². The first-order valence-corrected chi connectivity index (χ1v) is 21.7. The smallest absolute Gasteiger partial charge is 0.303 e. The lowest BCUT2D eigenvalue weighted by atomic mass is 9.49. The minimum Gasteiger partial charge on any atom is -0.481 e. The lowest BCUT2D eigenvalue weighted by Crippen LogP contribution is -2.48. The average Bonchev–Trinajstić information content (AvgIpc) is 3.72. The van der Waals surface area contributed by atoms with E-state index in [1.807, 2.05) is 32.0 Å². The number of unbranched alkanes of at least 4 members (excludes halogenated alkanes) is 2. The van der Waals surface area contributed by atoms with Gasteiger partial charge in [0.1, 0.15) is 21.9 Å². The minimum atomic E-state index is -4.05. The molecule has 0 spiro atoms. The van der Waals surface area contributed by atoms with Crippen LogP contribution in [0.4, 0.5) is 22.6 Å². The molecule has 0 atom stereocenters. The number of aliphatic carboxylic acids is 1. The monoisotopic (exact) mass is 798 g/mol. The van der Waals surface area contributed by atoms with Crippen LogP contribution in [0.5, 0.6) is 0 Å². The Morgan fingerprint density at radius 1 is 0.982 bits per heavy atom. The molecule has 4 bridgehead atoms. The van der Waals surface area contributed by atoms with Crippen LogP contribution in [0.25, 0.3) is 21.5 Å². The molecule has 4 fully saturated rings. The summed E-state index contributed by atoms with van der Waals surface area (Å²) < 4.78 is 30.6. The number of sulfonamides is 1. The van der Waals surface area contributed by atoms with Crippen LogP contribution in [-0.2, 0) is 21.4 Å². The molecule has 1 amide bonds. The van der Waals surface area contributed by atoms with Crippen LogP contribution in [0.2, 0.25) is 0 Å². The number of carbonyl (C=O) groups is 2. The van der Waals surface area contributed by atoms with Crippen molar-refractivity contribution in [2.45, 2.75) is 84.6 Å². The number of aryl methyl sites for hydroxylation is 1. The van der Waals surface area contributed by atoms with Gasteiger partial charge in [0.2, 0.25) is 10.0 Å².